The lowest BCUT2D eigenvalue weighted by atomic mass is 9.94. The Morgan fingerprint density at radius 1 is 1.36 bits per heavy atom. The summed E-state index contributed by atoms with van der Waals surface area (Å²) in [5.74, 6) is 0. The molecular formula is C12H18ClN. The number of halogens is 1. The van der Waals surface area contributed by atoms with Crippen LogP contribution in [0.2, 0.25) is 5.02 Å². The van der Waals surface area contributed by atoms with E-state index >= 15 is 0 Å². The molecule has 0 fully saturated rings. The van der Waals surface area contributed by atoms with Crippen molar-refractivity contribution in [2.45, 2.75) is 39.2 Å². The van der Waals surface area contributed by atoms with Crippen molar-refractivity contribution in [3.63, 3.8) is 0 Å². The van der Waals surface area contributed by atoms with Crippen molar-refractivity contribution in [2.75, 3.05) is 0 Å². The molecular weight excluding hydrogens is 194 g/mol. The van der Waals surface area contributed by atoms with Crippen LogP contribution < -0.4 is 5.73 Å². The predicted octanol–water partition coefficient (Wildman–Crippen LogP) is 3.32. The Balaban J connectivity index is 2.77. The largest absolute Gasteiger partial charge is 0.326 e. The van der Waals surface area contributed by atoms with E-state index in [9.17, 15) is 0 Å². The molecule has 0 aliphatic carbocycles. The topological polar surface area (TPSA) is 26.0 Å². The molecule has 0 amide bonds. The Morgan fingerprint density at radius 3 is 2.50 bits per heavy atom. The summed E-state index contributed by atoms with van der Waals surface area (Å²) in [4.78, 5) is 0. The lowest BCUT2D eigenvalue weighted by Gasteiger charge is -2.19. The fourth-order valence-corrected chi connectivity index (χ4v) is 1.75. The van der Waals surface area contributed by atoms with Crippen LogP contribution in [-0.2, 0) is 6.42 Å². The van der Waals surface area contributed by atoms with Gasteiger partial charge in [-0.3, -0.25) is 0 Å². The summed E-state index contributed by atoms with van der Waals surface area (Å²) in [6.07, 6.45) is 1.91. The highest BCUT2D eigenvalue weighted by molar-refractivity contribution is 6.31. The molecule has 1 aromatic rings. The molecule has 0 unspecified atom stereocenters. The molecule has 1 aromatic carbocycles. The third kappa shape index (κ3) is 3.32. The molecule has 0 saturated heterocycles. The molecule has 0 atom stereocenters. The van der Waals surface area contributed by atoms with E-state index in [1.807, 2.05) is 26.0 Å². The quantitative estimate of drug-likeness (QED) is 0.816. The van der Waals surface area contributed by atoms with Gasteiger partial charge in [-0.2, -0.15) is 0 Å². The van der Waals surface area contributed by atoms with Gasteiger partial charge in [0.05, 0.1) is 0 Å². The third-order valence-electron chi connectivity index (χ3n) is 2.37. The number of aryl methyl sites for hydroxylation is 1. The lowest BCUT2D eigenvalue weighted by Crippen LogP contribution is -2.32. The van der Waals surface area contributed by atoms with Gasteiger partial charge in [0, 0.05) is 10.6 Å². The van der Waals surface area contributed by atoms with Gasteiger partial charge in [0.15, 0.2) is 0 Å². The minimum atomic E-state index is -0.119. The second-order valence-corrected chi connectivity index (χ2v) is 4.93. The molecule has 1 rings (SSSR count). The maximum Gasteiger partial charge on any atom is 0.0440 e. The minimum Gasteiger partial charge on any atom is -0.326 e. The van der Waals surface area contributed by atoms with E-state index < -0.39 is 0 Å². The second kappa shape index (κ2) is 4.33. The molecule has 0 bridgehead atoms. The minimum absolute atomic E-state index is 0.119. The summed E-state index contributed by atoms with van der Waals surface area (Å²) in [5.41, 5.74) is 8.30. The summed E-state index contributed by atoms with van der Waals surface area (Å²) in [6, 6.07) is 6.01. The molecule has 0 radical (unpaired) electrons. The van der Waals surface area contributed by atoms with Crippen LogP contribution in [0.5, 0.6) is 0 Å². The zero-order valence-electron chi connectivity index (χ0n) is 9.10. The van der Waals surface area contributed by atoms with Crippen molar-refractivity contribution in [1.29, 1.82) is 0 Å². The number of rotatable bonds is 3. The first kappa shape index (κ1) is 11.5. The zero-order valence-corrected chi connectivity index (χ0v) is 9.86. The van der Waals surface area contributed by atoms with Crippen LogP contribution in [0.4, 0.5) is 0 Å². The van der Waals surface area contributed by atoms with Crippen molar-refractivity contribution >= 4 is 11.6 Å². The van der Waals surface area contributed by atoms with Crippen molar-refractivity contribution in [3.05, 3.63) is 34.3 Å². The van der Waals surface area contributed by atoms with Gasteiger partial charge in [-0.05, 0) is 50.8 Å². The maximum atomic E-state index is 6.12. The second-order valence-electron chi connectivity index (χ2n) is 4.52. The summed E-state index contributed by atoms with van der Waals surface area (Å²) < 4.78 is 0. The van der Waals surface area contributed by atoms with Crippen LogP contribution in [0.15, 0.2) is 18.2 Å². The average Bonchev–Trinajstić information content (AvgIpc) is 2.01. The first-order valence-corrected chi connectivity index (χ1v) is 5.31. The van der Waals surface area contributed by atoms with Gasteiger partial charge in [0.2, 0.25) is 0 Å². The van der Waals surface area contributed by atoms with Gasteiger partial charge in [-0.15, -0.1) is 0 Å². The first-order chi connectivity index (χ1) is 6.40. The van der Waals surface area contributed by atoms with Gasteiger partial charge >= 0.3 is 0 Å². The fraction of sp³-hybridized carbons (Fsp3) is 0.500. The number of hydrogen-bond donors (Lipinski definition) is 1. The van der Waals surface area contributed by atoms with Crippen molar-refractivity contribution in [2.24, 2.45) is 5.73 Å². The maximum absolute atomic E-state index is 6.12. The molecule has 14 heavy (non-hydrogen) atoms. The highest BCUT2D eigenvalue weighted by atomic mass is 35.5. The molecule has 0 spiro atoms. The standard InChI is InChI=1S/C12H18ClN/c1-9-5-4-6-11(13)10(9)7-8-12(2,3)14/h4-6H,7-8,14H2,1-3H3. The number of benzene rings is 1. The normalized spacial score (nSPS) is 11.8. The molecule has 0 heterocycles. The summed E-state index contributed by atoms with van der Waals surface area (Å²) in [5, 5.41) is 0.856. The highest BCUT2D eigenvalue weighted by Gasteiger charge is 2.12. The Bertz CT molecular complexity index is 292. The van der Waals surface area contributed by atoms with E-state index in [1.54, 1.807) is 0 Å². The summed E-state index contributed by atoms with van der Waals surface area (Å²) in [7, 11) is 0. The highest BCUT2D eigenvalue weighted by Crippen LogP contribution is 2.22. The molecule has 2 N–H and O–H groups in total. The van der Waals surface area contributed by atoms with E-state index in [2.05, 4.69) is 13.0 Å². The van der Waals surface area contributed by atoms with Gasteiger partial charge in [-0.25, -0.2) is 0 Å². The molecule has 0 saturated carbocycles. The molecule has 0 aliphatic rings. The van der Waals surface area contributed by atoms with E-state index in [-0.39, 0.29) is 5.54 Å². The fourth-order valence-electron chi connectivity index (χ4n) is 1.43. The molecule has 78 valence electrons. The van der Waals surface area contributed by atoms with E-state index in [0.717, 1.165) is 17.9 Å². The van der Waals surface area contributed by atoms with Gasteiger partial charge < -0.3 is 5.73 Å². The molecule has 0 aliphatic heterocycles. The van der Waals surface area contributed by atoms with Crippen LogP contribution in [-0.4, -0.2) is 5.54 Å². The van der Waals surface area contributed by atoms with Gasteiger partial charge in [0.1, 0.15) is 0 Å². The van der Waals surface area contributed by atoms with Gasteiger partial charge in [-0.1, -0.05) is 23.7 Å². The first-order valence-electron chi connectivity index (χ1n) is 4.93. The molecule has 0 aromatic heterocycles. The SMILES string of the molecule is Cc1cccc(Cl)c1CCC(C)(C)N. The van der Waals surface area contributed by atoms with Crippen LogP contribution in [0.25, 0.3) is 0 Å². The zero-order chi connectivity index (χ0) is 10.8. The van der Waals surface area contributed by atoms with Gasteiger partial charge in [0.25, 0.3) is 0 Å². The number of nitrogens with two attached hydrogens (primary N) is 1. The van der Waals surface area contributed by atoms with E-state index in [0.29, 0.717) is 0 Å². The third-order valence-corrected chi connectivity index (χ3v) is 2.73. The van der Waals surface area contributed by atoms with Crippen LogP contribution in [0, 0.1) is 6.92 Å². The Morgan fingerprint density at radius 2 is 2.00 bits per heavy atom. The van der Waals surface area contributed by atoms with Crippen LogP contribution >= 0.6 is 11.6 Å². The van der Waals surface area contributed by atoms with Crippen LogP contribution in [0.1, 0.15) is 31.4 Å². The average molecular weight is 212 g/mol. The number of hydrogen-bond acceptors (Lipinski definition) is 1. The Hall–Kier alpha value is -0.530. The van der Waals surface area contributed by atoms with E-state index in [4.69, 9.17) is 17.3 Å². The molecule has 2 heteroatoms. The van der Waals surface area contributed by atoms with Crippen molar-refractivity contribution in [1.82, 2.24) is 0 Å². The molecule has 1 nitrogen and oxygen atoms in total. The summed E-state index contributed by atoms with van der Waals surface area (Å²) in [6.45, 7) is 6.17. The van der Waals surface area contributed by atoms with Crippen molar-refractivity contribution < 1.29 is 0 Å². The summed E-state index contributed by atoms with van der Waals surface area (Å²) >= 11 is 6.12. The van der Waals surface area contributed by atoms with Crippen molar-refractivity contribution in [3.8, 4) is 0 Å². The Labute approximate surface area is 91.3 Å². The smallest absolute Gasteiger partial charge is 0.0440 e. The lowest BCUT2D eigenvalue weighted by molar-refractivity contribution is 0.476. The predicted molar refractivity (Wildman–Crippen MR) is 62.8 cm³/mol. The Kier molecular flexibility index (Phi) is 3.57. The van der Waals surface area contributed by atoms with E-state index in [1.165, 1.54) is 11.1 Å². The van der Waals surface area contributed by atoms with Crippen LogP contribution in [0.3, 0.4) is 0 Å². The monoisotopic (exact) mass is 211 g/mol.